The van der Waals surface area contributed by atoms with Gasteiger partial charge in [0.05, 0.1) is 9.79 Å². The van der Waals surface area contributed by atoms with Crippen LogP contribution in [0.3, 0.4) is 0 Å². The molecule has 1 radical (unpaired) electrons. The summed E-state index contributed by atoms with van der Waals surface area (Å²) in [5.74, 6) is 0. The molecule has 0 fully saturated rings. The van der Waals surface area contributed by atoms with Crippen molar-refractivity contribution in [1.82, 2.24) is 5.73 Å². The Morgan fingerprint density at radius 2 is 1.67 bits per heavy atom. The first kappa shape index (κ1) is 15.1. The van der Waals surface area contributed by atoms with E-state index in [2.05, 4.69) is 0 Å². The zero-order valence-electron chi connectivity index (χ0n) is 9.41. The van der Waals surface area contributed by atoms with Crippen molar-refractivity contribution in [3.63, 3.8) is 0 Å². The summed E-state index contributed by atoms with van der Waals surface area (Å²) in [7, 11) is -9.17. The highest BCUT2D eigenvalue weighted by atomic mass is 32.2. The summed E-state index contributed by atoms with van der Waals surface area (Å²) >= 11 is 0. The van der Waals surface area contributed by atoms with Crippen LogP contribution >= 0.6 is 0 Å². The van der Waals surface area contributed by atoms with Gasteiger partial charge in [-0.25, -0.2) is 0 Å². The van der Waals surface area contributed by atoms with Gasteiger partial charge < -0.3 is 0 Å². The third kappa shape index (κ3) is 3.27. The first-order valence-corrected chi connectivity index (χ1v) is 7.68. The van der Waals surface area contributed by atoms with E-state index in [-0.39, 0.29) is 24.1 Å². The maximum atomic E-state index is 11.1. The molecule has 1 aromatic carbocycles. The van der Waals surface area contributed by atoms with Gasteiger partial charge in [0.2, 0.25) is 0 Å². The molecule has 0 aliphatic carbocycles. The second-order valence-corrected chi connectivity index (χ2v) is 6.47. The molecule has 0 saturated heterocycles. The van der Waals surface area contributed by atoms with Crippen LogP contribution in [0.25, 0.3) is 0 Å². The summed E-state index contributed by atoms with van der Waals surface area (Å²) in [6.45, 7) is 1.31. The Morgan fingerprint density at radius 1 is 1.11 bits per heavy atom. The van der Waals surface area contributed by atoms with Gasteiger partial charge in [0.15, 0.2) is 0 Å². The normalized spacial score (nSPS) is 12.7. The molecule has 0 spiro atoms. The zero-order valence-corrected chi connectivity index (χ0v) is 11.0. The van der Waals surface area contributed by atoms with Gasteiger partial charge in [-0.1, -0.05) is 0 Å². The van der Waals surface area contributed by atoms with Gasteiger partial charge in [-0.3, -0.25) is 14.8 Å². The van der Waals surface area contributed by atoms with Crippen molar-refractivity contribution in [2.45, 2.75) is 23.1 Å². The molecule has 0 aromatic heterocycles. The van der Waals surface area contributed by atoms with Crippen molar-refractivity contribution in [2.24, 2.45) is 0 Å². The minimum Gasteiger partial charge on any atom is -0.282 e. The summed E-state index contributed by atoms with van der Waals surface area (Å²) in [5.41, 5.74) is 7.50. The first-order valence-electron chi connectivity index (χ1n) is 4.80. The second-order valence-electron chi connectivity index (χ2n) is 3.66. The lowest BCUT2D eigenvalue weighted by Gasteiger charge is -2.10. The summed E-state index contributed by atoms with van der Waals surface area (Å²) < 4.78 is 62.2. The van der Waals surface area contributed by atoms with Crippen LogP contribution in [0.4, 0.5) is 0 Å². The predicted molar refractivity (Wildman–Crippen MR) is 62.5 cm³/mol. The van der Waals surface area contributed by atoms with Crippen LogP contribution in [0.2, 0.25) is 0 Å². The Kier molecular flexibility index (Phi) is 4.13. The van der Waals surface area contributed by atoms with Crippen LogP contribution in [0, 0.1) is 6.92 Å². The highest BCUT2D eigenvalue weighted by Crippen LogP contribution is 2.24. The number of hydrogen-bond donors (Lipinski definition) is 2. The Balaban J connectivity index is 3.68. The molecule has 9 heteroatoms. The molecule has 0 bridgehead atoms. The van der Waals surface area contributed by atoms with Gasteiger partial charge in [-0.15, -0.1) is 0 Å². The average molecular weight is 294 g/mol. The fraction of sp³-hybridized carbons (Fsp3) is 0.333. The van der Waals surface area contributed by atoms with Gasteiger partial charge >= 0.3 is 0 Å². The molecule has 0 aliphatic rings. The predicted octanol–water partition coefficient (Wildman–Crippen LogP) is 0.314. The van der Waals surface area contributed by atoms with Crippen LogP contribution in [-0.2, 0) is 26.7 Å². The van der Waals surface area contributed by atoms with Gasteiger partial charge in [0.1, 0.15) is 0 Å². The van der Waals surface area contributed by atoms with Gasteiger partial charge in [0, 0.05) is 6.54 Å². The van der Waals surface area contributed by atoms with E-state index in [9.17, 15) is 16.8 Å². The lowest BCUT2D eigenvalue weighted by Crippen LogP contribution is -2.09. The number of hydrogen-bond acceptors (Lipinski definition) is 4. The van der Waals surface area contributed by atoms with Gasteiger partial charge in [0.25, 0.3) is 20.2 Å². The maximum absolute atomic E-state index is 11.1. The molecule has 0 unspecified atom stereocenters. The lowest BCUT2D eigenvalue weighted by molar-refractivity contribution is 0.480. The molecule has 7 nitrogen and oxygen atoms in total. The Hall–Kier alpha value is -1.00. The highest BCUT2D eigenvalue weighted by Gasteiger charge is 2.21. The van der Waals surface area contributed by atoms with Crippen molar-refractivity contribution in [3.8, 4) is 0 Å². The van der Waals surface area contributed by atoms with Gasteiger partial charge in [-0.2, -0.15) is 16.8 Å². The van der Waals surface area contributed by atoms with Crippen LogP contribution in [-0.4, -0.2) is 32.5 Å². The molecule has 0 saturated carbocycles. The van der Waals surface area contributed by atoms with E-state index in [1.807, 2.05) is 0 Å². The minimum absolute atomic E-state index is 0.0827. The third-order valence-electron chi connectivity index (χ3n) is 2.41. The van der Waals surface area contributed by atoms with E-state index in [0.717, 1.165) is 6.07 Å². The quantitative estimate of drug-likeness (QED) is 0.768. The first-order chi connectivity index (χ1) is 8.07. The lowest BCUT2D eigenvalue weighted by atomic mass is 10.1. The molecule has 101 valence electrons. The zero-order chi connectivity index (χ0) is 14.1. The molecule has 0 aliphatic heterocycles. The monoisotopic (exact) mass is 294 g/mol. The standard InChI is InChI=1S/C9H12NO6S2/c1-6-7(2-3-10)4-8(17(11,12)13)5-9(6)18(14,15)16/h4-5,10H,2-3H2,1H3,(H,11,12,13)(H,14,15,16). The molecule has 18 heavy (non-hydrogen) atoms. The van der Waals surface area contributed by atoms with Crippen molar-refractivity contribution in [3.05, 3.63) is 23.3 Å². The molecule has 3 N–H and O–H groups in total. The molecule has 1 aromatic rings. The smallest absolute Gasteiger partial charge is 0.282 e. The Labute approximate surface area is 105 Å². The molecule has 0 atom stereocenters. The molecule has 0 amide bonds. The fourth-order valence-electron chi connectivity index (χ4n) is 1.53. The van der Waals surface area contributed by atoms with Crippen molar-refractivity contribution in [1.29, 1.82) is 0 Å². The van der Waals surface area contributed by atoms with E-state index in [0.29, 0.717) is 6.07 Å². The number of rotatable bonds is 4. The number of nitrogens with one attached hydrogen (secondary N) is 1. The van der Waals surface area contributed by atoms with Crippen LogP contribution in [0.1, 0.15) is 11.1 Å². The van der Waals surface area contributed by atoms with Crippen LogP contribution in [0.5, 0.6) is 0 Å². The number of benzene rings is 1. The van der Waals surface area contributed by atoms with E-state index >= 15 is 0 Å². The van der Waals surface area contributed by atoms with Crippen LogP contribution < -0.4 is 5.73 Å². The van der Waals surface area contributed by atoms with Crippen molar-refractivity contribution >= 4 is 20.2 Å². The SMILES string of the molecule is Cc1c(CC[NH])cc(S(=O)(=O)O)cc1S(=O)(=O)O. The molecule has 1 rings (SSSR count). The summed E-state index contributed by atoms with van der Waals surface area (Å²) in [6.07, 6.45) is 0.109. The molecule has 0 heterocycles. The van der Waals surface area contributed by atoms with Crippen LogP contribution in [0.15, 0.2) is 21.9 Å². The van der Waals surface area contributed by atoms with E-state index in [1.165, 1.54) is 6.92 Å². The van der Waals surface area contributed by atoms with E-state index in [4.69, 9.17) is 14.8 Å². The minimum atomic E-state index is -4.59. The maximum Gasteiger partial charge on any atom is 0.294 e. The van der Waals surface area contributed by atoms with E-state index < -0.39 is 30.0 Å². The summed E-state index contributed by atoms with van der Waals surface area (Å²) in [5, 5.41) is 0. The topological polar surface area (TPSA) is 133 Å². The highest BCUT2D eigenvalue weighted by molar-refractivity contribution is 7.86. The Bertz CT molecular complexity index is 663. The third-order valence-corrected chi connectivity index (χ3v) is 4.22. The fourth-order valence-corrected chi connectivity index (χ4v) is 2.96. The average Bonchev–Trinajstić information content (AvgIpc) is 2.17. The van der Waals surface area contributed by atoms with Gasteiger partial charge in [-0.05, 0) is 36.6 Å². The van der Waals surface area contributed by atoms with Crippen molar-refractivity contribution < 1.29 is 25.9 Å². The van der Waals surface area contributed by atoms with E-state index in [1.54, 1.807) is 0 Å². The largest absolute Gasteiger partial charge is 0.294 e. The molecular formula is C9H12NO6S2. The summed E-state index contributed by atoms with van der Waals surface area (Å²) in [4.78, 5) is -1.20. The molecular weight excluding hydrogens is 282 g/mol. The van der Waals surface area contributed by atoms with Crippen molar-refractivity contribution in [2.75, 3.05) is 6.54 Å². The second kappa shape index (κ2) is 4.94. The Morgan fingerprint density at radius 3 is 2.06 bits per heavy atom. The summed E-state index contributed by atoms with van der Waals surface area (Å²) in [6, 6.07) is 1.78.